The van der Waals surface area contributed by atoms with Crippen LogP contribution in [0.15, 0.2) is 58.4 Å². The molecule has 0 saturated carbocycles. The Morgan fingerprint density at radius 3 is 2.45 bits per heavy atom. The second-order valence-corrected chi connectivity index (χ2v) is 10.2. The lowest BCUT2D eigenvalue weighted by molar-refractivity contribution is -0.114. The first kappa shape index (κ1) is 22.3. The highest BCUT2D eigenvalue weighted by Crippen LogP contribution is 2.29. The van der Waals surface area contributed by atoms with Crippen molar-refractivity contribution in [1.29, 1.82) is 0 Å². The van der Waals surface area contributed by atoms with Crippen LogP contribution < -0.4 is 15.6 Å². The van der Waals surface area contributed by atoms with Gasteiger partial charge in [0.25, 0.3) is 5.56 Å². The molecular formula is C23H24N4O5S. The summed E-state index contributed by atoms with van der Waals surface area (Å²) in [6, 6.07) is 11.9. The third-order valence-corrected chi connectivity index (χ3v) is 7.13. The number of H-pyrrole nitrogens is 2. The van der Waals surface area contributed by atoms with E-state index in [9.17, 15) is 18.6 Å². The summed E-state index contributed by atoms with van der Waals surface area (Å²) < 4.78 is 21.7. The number of nitrogens with one attached hydrogen (secondary N) is 4. The van der Waals surface area contributed by atoms with Gasteiger partial charge in [0.05, 0.1) is 12.2 Å². The number of carbonyl (C=O) groups excluding carboxylic acids is 2. The molecule has 4 N–H and O–H groups in total. The van der Waals surface area contributed by atoms with Gasteiger partial charge in [-0.05, 0) is 59.5 Å². The Labute approximate surface area is 190 Å². The maximum atomic E-state index is 13.4. The zero-order valence-electron chi connectivity index (χ0n) is 18.3. The zero-order valence-corrected chi connectivity index (χ0v) is 19.2. The Morgan fingerprint density at radius 2 is 1.79 bits per heavy atom. The van der Waals surface area contributed by atoms with Crippen molar-refractivity contribution in [3.63, 3.8) is 0 Å². The molecule has 0 atom stereocenters. The number of amides is 1. The van der Waals surface area contributed by atoms with E-state index in [0.29, 0.717) is 32.6 Å². The summed E-state index contributed by atoms with van der Waals surface area (Å²) in [5, 5.41) is 3.73. The summed E-state index contributed by atoms with van der Waals surface area (Å²) in [7, 11) is -3.03. The van der Waals surface area contributed by atoms with E-state index in [-0.39, 0.29) is 29.2 Å². The van der Waals surface area contributed by atoms with Crippen molar-refractivity contribution in [3.8, 4) is 0 Å². The lowest BCUT2D eigenvalue weighted by Gasteiger charge is -2.23. The van der Waals surface area contributed by atoms with Crippen LogP contribution in [-0.2, 0) is 19.7 Å². The number of hydrogen-bond donors (Lipinski definition) is 5. The lowest BCUT2D eigenvalue weighted by Crippen LogP contribution is -2.20. The van der Waals surface area contributed by atoms with Crippen molar-refractivity contribution in [2.75, 3.05) is 22.9 Å². The second kappa shape index (κ2) is 8.55. The topological polar surface area (TPSA) is 133 Å². The molecule has 0 spiro atoms. The number of aromatic amines is 2. The van der Waals surface area contributed by atoms with Crippen molar-refractivity contribution >= 4 is 55.2 Å². The van der Waals surface area contributed by atoms with E-state index in [1.165, 1.54) is 13.1 Å². The number of carbonyl (C=O) groups is 2. The minimum Gasteiger partial charge on any atom is -0.462 e. The van der Waals surface area contributed by atoms with Crippen LogP contribution in [0.25, 0.3) is 21.8 Å². The maximum absolute atomic E-state index is 13.4. The Balaban J connectivity index is 1.75. The molecule has 0 aliphatic rings. The average molecular weight is 469 g/mol. The van der Waals surface area contributed by atoms with E-state index in [2.05, 4.69) is 20.0 Å². The number of aromatic nitrogens is 2. The van der Waals surface area contributed by atoms with Crippen LogP contribution in [0.4, 0.5) is 11.4 Å². The number of fused-ring (bicyclic) bond motifs is 3. The number of pyridine rings is 1. The van der Waals surface area contributed by atoms with Gasteiger partial charge in [-0.1, -0.05) is 0 Å². The molecule has 0 unspecified atom stereocenters. The molecule has 2 aromatic heterocycles. The molecular weight excluding hydrogens is 444 g/mol. The standard InChI is InChI=1S/C23H24N4O5S/c1-4-32-23(30)18-12-24-21-20(18)17-11-15(7-10-19(17)26-22(21)29)27-33(3,31)16-8-5-14(6-9-16)25-13(2)28/h5-12,24,33H,4H2,1-3H3,(H,25,28)(H,26,29)(H,27,31). The predicted octanol–water partition coefficient (Wildman–Crippen LogP) is 3.18. The normalized spacial score (nSPS) is 12.0. The van der Waals surface area contributed by atoms with Gasteiger partial charge >= 0.3 is 5.97 Å². The largest absolute Gasteiger partial charge is 0.462 e. The molecule has 0 aliphatic heterocycles. The fraction of sp³-hybridized carbons (Fsp3) is 0.174. The summed E-state index contributed by atoms with van der Waals surface area (Å²) in [4.78, 5) is 42.3. The molecule has 172 valence electrons. The molecule has 0 fully saturated rings. The van der Waals surface area contributed by atoms with Gasteiger partial charge in [0, 0.05) is 51.9 Å². The number of rotatable bonds is 6. The zero-order chi connectivity index (χ0) is 23.8. The summed E-state index contributed by atoms with van der Waals surface area (Å²) >= 11 is 0. The monoisotopic (exact) mass is 468 g/mol. The molecule has 10 heteroatoms. The Hall–Kier alpha value is -3.92. The van der Waals surface area contributed by atoms with E-state index < -0.39 is 16.1 Å². The lowest BCUT2D eigenvalue weighted by atomic mass is 10.1. The number of anilines is 2. The first-order chi connectivity index (χ1) is 15.7. The summed E-state index contributed by atoms with van der Waals surface area (Å²) in [5.41, 5.74) is 1.87. The first-order valence-electron chi connectivity index (χ1n) is 10.3. The highest BCUT2D eigenvalue weighted by atomic mass is 32.3. The minimum absolute atomic E-state index is 0.187. The van der Waals surface area contributed by atoms with Crippen LogP contribution in [0.2, 0.25) is 0 Å². The molecule has 4 aromatic rings. The van der Waals surface area contributed by atoms with E-state index in [4.69, 9.17) is 4.74 Å². The fourth-order valence-corrected chi connectivity index (χ4v) is 5.19. The van der Waals surface area contributed by atoms with Gasteiger partial charge in [-0.2, -0.15) is 0 Å². The molecule has 4 rings (SSSR count). The minimum atomic E-state index is -3.03. The molecule has 0 bridgehead atoms. The van der Waals surface area contributed by atoms with Gasteiger partial charge in [-0.25, -0.2) is 4.79 Å². The molecule has 0 radical (unpaired) electrons. The van der Waals surface area contributed by atoms with Gasteiger partial charge in [-0.3, -0.25) is 13.8 Å². The van der Waals surface area contributed by atoms with Crippen molar-refractivity contribution in [3.05, 3.63) is 64.6 Å². The maximum Gasteiger partial charge on any atom is 0.340 e. The van der Waals surface area contributed by atoms with Crippen LogP contribution in [0, 0.1) is 0 Å². The smallest absolute Gasteiger partial charge is 0.340 e. The summed E-state index contributed by atoms with van der Waals surface area (Å²) in [5.74, 6) is -0.720. The van der Waals surface area contributed by atoms with Crippen LogP contribution in [0.1, 0.15) is 24.2 Å². The predicted molar refractivity (Wildman–Crippen MR) is 130 cm³/mol. The van der Waals surface area contributed by atoms with Gasteiger partial charge in [0.15, 0.2) is 0 Å². The number of thiol groups is 1. The molecule has 1 amide bonds. The van der Waals surface area contributed by atoms with E-state index in [0.717, 1.165) is 0 Å². The highest BCUT2D eigenvalue weighted by molar-refractivity contribution is 8.03. The molecule has 0 aliphatic carbocycles. The molecule has 33 heavy (non-hydrogen) atoms. The van der Waals surface area contributed by atoms with Gasteiger partial charge in [0.1, 0.15) is 5.52 Å². The number of hydrogen-bond acceptors (Lipinski definition) is 5. The van der Waals surface area contributed by atoms with E-state index >= 15 is 0 Å². The van der Waals surface area contributed by atoms with Crippen LogP contribution in [0.5, 0.6) is 0 Å². The second-order valence-electron chi connectivity index (χ2n) is 7.65. The van der Waals surface area contributed by atoms with Gasteiger partial charge in [0.2, 0.25) is 5.91 Å². The van der Waals surface area contributed by atoms with Crippen molar-refractivity contribution in [1.82, 2.24) is 9.97 Å². The molecule has 9 nitrogen and oxygen atoms in total. The van der Waals surface area contributed by atoms with E-state index in [1.54, 1.807) is 55.6 Å². The van der Waals surface area contributed by atoms with Crippen LogP contribution in [0.3, 0.4) is 0 Å². The van der Waals surface area contributed by atoms with Crippen molar-refractivity contribution < 1.29 is 18.5 Å². The number of esters is 1. The Morgan fingerprint density at radius 1 is 1.09 bits per heavy atom. The van der Waals surface area contributed by atoms with Gasteiger partial charge in [-0.15, -0.1) is 0 Å². The molecule has 2 aromatic carbocycles. The van der Waals surface area contributed by atoms with Crippen molar-refractivity contribution in [2.45, 2.75) is 18.7 Å². The Bertz CT molecular complexity index is 1490. The van der Waals surface area contributed by atoms with Gasteiger partial charge < -0.3 is 24.7 Å². The SMILES string of the molecule is CCOC(=O)c1c[nH]c2c(=O)[nH]c3ccc(N[SH](C)(=O)c4ccc(NC(C)=O)cc4)cc3c12. The van der Waals surface area contributed by atoms with E-state index in [1.807, 2.05) is 0 Å². The molecule has 2 heterocycles. The Kier molecular flexibility index (Phi) is 5.77. The first-order valence-corrected chi connectivity index (χ1v) is 12.4. The molecule has 0 saturated heterocycles. The summed E-state index contributed by atoms with van der Waals surface area (Å²) in [6.45, 7) is 3.34. The quantitative estimate of drug-likeness (QED) is 0.219. The van der Waals surface area contributed by atoms with Crippen LogP contribution >= 0.6 is 0 Å². The third kappa shape index (κ3) is 4.37. The third-order valence-electron chi connectivity index (χ3n) is 5.16. The fourth-order valence-electron chi connectivity index (χ4n) is 3.71. The number of ether oxygens (including phenoxy) is 1. The number of benzene rings is 2. The van der Waals surface area contributed by atoms with Crippen molar-refractivity contribution in [2.24, 2.45) is 0 Å². The average Bonchev–Trinajstić information content (AvgIpc) is 3.20. The summed E-state index contributed by atoms with van der Waals surface area (Å²) in [6.07, 6.45) is 3.06. The van der Waals surface area contributed by atoms with Crippen LogP contribution in [-0.4, -0.2) is 38.9 Å². The highest BCUT2D eigenvalue weighted by Gasteiger charge is 2.19.